The van der Waals surface area contributed by atoms with Crippen LogP contribution in [0.4, 0.5) is 5.13 Å². The molecule has 0 saturated carbocycles. The minimum absolute atomic E-state index is 0.138. The fraction of sp³-hybridized carbons (Fsp3) is 0.667. The number of aryl methyl sites for hydroxylation is 1. The van der Waals surface area contributed by atoms with E-state index in [0.717, 1.165) is 41.6 Å². The zero-order chi connectivity index (χ0) is 12.1. The summed E-state index contributed by atoms with van der Waals surface area (Å²) in [5.41, 5.74) is 0.974. The number of rotatable bonds is 6. The lowest BCUT2D eigenvalue weighted by Crippen LogP contribution is -2.21. The summed E-state index contributed by atoms with van der Waals surface area (Å²) in [5.74, 6) is 0.138. The van der Waals surface area contributed by atoms with E-state index in [9.17, 15) is 4.79 Å². The molecule has 1 aromatic heterocycles. The van der Waals surface area contributed by atoms with Gasteiger partial charge in [-0.15, -0.1) is 0 Å². The summed E-state index contributed by atoms with van der Waals surface area (Å²) in [6.45, 7) is 9.83. The van der Waals surface area contributed by atoms with Crippen LogP contribution in [-0.2, 0) is 6.42 Å². The molecule has 0 aliphatic heterocycles. The molecule has 1 heterocycles. The topological polar surface area (TPSA) is 33.2 Å². The van der Waals surface area contributed by atoms with E-state index >= 15 is 0 Å². The van der Waals surface area contributed by atoms with Crippen molar-refractivity contribution in [3.8, 4) is 0 Å². The van der Waals surface area contributed by atoms with E-state index in [2.05, 4.69) is 30.7 Å². The second-order valence-corrected chi connectivity index (χ2v) is 4.73. The average Bonchev–Trinajstić information content (AvgIpc) is 2.65. The Labute approximate surface area is 101 Å². The van der Waals surface area contributed by atoms with E-state index in [1.54, 1.807) is 6.92 Å². The molecular weight excluding hydrogens is 220 g/mol. The van der Waals surface area contributed by atoms with E-state index in [1.165, 1.54) is 11.3 Å². The molecule has 1 rings (SSSR count). The molecule has 0 fully saturated rings. The fourth-order valence-corrected chi connectivity index (χ4v) is 2.78. The van der Waals surface area contributed by atoms with Crippen molar-refractivity contribution in [2.24, 2.45) is 0 Å². The molecule has 0 saturated heterocycles. The van der Waals surface area contributed by atoms with Gasteiger partial charge in [-0.2, -0.15) is 0 Å². The third-order valence-corrected chi connectivity index (χ3v) is 3.79. The van der Waals surface area contributed by atoms with Crippen molar-refractivity contribution in [2.75, 3.05) is 18.0 Å². The van der Waals surface area contributed by atoms with Gasteiger partial charge in [0.1, 0.15) is 0 Å². The maximum Gasteiger partial charge on any atom is 0.186 e. The van der Waals surface area contributed by atoms with Crippen LogP contribution in [-0.4, -0.2) is 23.9 Å². The van der Waals surface area contributed by atoms with Crippen molar-refractivity contribution in [3.63, 3.8) is 0 Å². The van der Waals surface area contributed by atoms with E-state index in [0.29, 0.717) is 0 Å². The quantitative estimate of drug-likeness (QED) is 0.716. The molecule has 0 amide bonds. The first-order valence-electron chi connectivity index (χ1n) is 5.89. The lowest BCUT2D eigenvalue weighted by molar-refractivity contribution is 0.102. The predicted molar refractivity (Wildman–Crippen MR) is 69.7 cm³/mol. The first-order valence-corrected chi connectivity index (χ1v) is 6.71. The number of hydrogen-bond acceptors (Lipinski definition) is 4. The van der Waals surface area contributed by atoms with Crippen LogP contribution in [0.5, 0.6) is 0 Å². The van der Waals surface area contributed by atoms with E-state index in [1.807, 2.05) is 0 Å². The van der Waals surface area contributed by atoms with Crippen molar-refractivity contribution in [1.82, 2.24) is 4.98 Å². The van der Waals surface area contributed by atoms with Gasteiger partial charge in [0, 0.05) is 20.0 Å². The molecule has 0 N–H and O–H groups in total. The van der Waals surface area contributed by atoms with Crippen LogP contribution in [0.15, 0.2) is 0 Å². The molecule has 4 heteroatoms. The van der Waals surface area contributed by atoms with Crippen molar-refractivity contribution in [3.05, 3.63) is 10.6 Å². The highest BCUT2D eigenvalue weighted by atomic mass is 32.1. The van der Waals surface area contributed by atoms with Gasteiger partial charge in [0.15, 0.2) is 10.9 Å². The molecule has 16 heavy (non-hydrogen) atoms. The first kappa shape index (κ1) is 13.2. The number of aromatic nitrogens is 1. The van der Waals surface area contributed by atoms with Crippen LogP contribution in [0.25, 0.3) is 0 Å². The zero-order valence-electron chi connectivity index (χ0n) is 10.5. The molecule has 0 unspecified atom stereocenters. The van der Waals surface area contributed by atoms with E-state index in [4.69, 9.17) is 0 Å². The second kappa shape index (κ2) is 5.99. The minimum atomic E-state index is 0.138. The molecule has 0 aromatic carbocycles. The van der Waals surface area contributed by atoms with Crippen LogP contribution in [0, 0.1) is 0 Å². The van der Waals surface area contributed by atoms with Crippen LogP contribution >= 0.6 is 11.3 Å². The zero-order valence-corrected chi connectivity index (χ0v) is 11.4. The summed E-state index contributed by atoms with van der Waals surface area (Å²) in [6.07, 6.45) is 1.92. The maximum atomic E-state index is 11.5. The van der Waals surface area contributed by atoms with Gasteiger partial charge in [0.05, 0.1) is 10.6 Å². The highest BCUT2D eigenvalue weighted by Crippen LogP contribution is 2.27. The Morgan fingerprint density at radius 2 is 1.94 bits per heavy atom. The Balaban J connectivity index is 3.04. The number of ketones is 1. The smallest absolute Gasteiger partial charge is 0.186 e. The van der Waals surface area contributed by atoms with Gasteiger partial charge in [-0.05, 0) is 20.3 Å². The van der Waals surface area contributed by atoms with Gasteiger partial charge in [-0.25, -0.2) is 4.98 Å². The van der Waals surface area contributed by atoms with Crippen molar-refractivity contribution >= 4 is 22.3 Å². The van der Waals surface area contributed by atoms with Gasteiger partial charge >= 0.3 is 0 Å². The normalized spacial score (nSPS) is 10.5. The summed E-state index contributed by atoms with van der Waals surface area (Å²) in [6, 6.07) is 0. The number of hydrogen-bond donors (Lipinski definition) is 0. The predicted octanol–water partition coefficient (Wildman–Crippen LogP) is 3.14. The van der Waals surface area contributed by atoms with E-state index < -0.39 is 0 Å². The molecule has 0 aliphatic carbocycles. The van der Waals surface area contributed by atoms with Crippen LogP contribution in [0.2, 0.25) is 0 Å². The third kappa shape index (κ3) is 2.82. The number of Topliss-reactive ketones (excluding diaryl/α,β-unsaturated/α-hetero) is 1. The lowest BCUT2D eigenvalue weighted by Gasteiger charge is -2.16. The lowest BCUT2D eigenvalue weighted by atomic mass is 10.2. The molecule has 0 atom stereocenters. The van der Waals surface area contributed by atoms with Crippen LogP contribution in [0.1, 0.15) is 49.5 Å². The average molecular weight is 240 g/mol. The Bertz CT molecular complexity index is 356. The molecule has 3 nitrogen and oxygen atoms in total. The SMILES string of the molecule is CCCc1nc(N(CC)CC)sc1C(C)=O. The Morgan fingerprint density at radius 1 is 1.31 bits per heavy atom. The van der Waals surface area contributed by atoms with Crippen molar-refractivity contribution < 1.29 is 4.79 Å². The van der Waals surface area contributed by atoms with Crippen LogP contribution < -0.4 is 4.90 Å². The molecule has 0 radical (unpaired) electrons. The standard InChI is InChI=1S/C12H20N2OS/c1-5-8-10-11(9(4)15)16-12(13-10)14(6-2)7-3/h5-8H2,1-4H3. The van der Waals surface area contributed by atoms with Crippen molar-refractivity contribution in [1.29, 1.82) is 0 Å². The molecular formula is C12H20N2OS. The first-order chi connectivity index (χ1) is 7.63. The number of nitrogens with zero attached hydrogens (tertiary/aromatic N) is 2. The van der Waals surface area contributed by atoms with Gasteiger partial charge in [0.2, 0.25) is 0 Å². The number of carbonyl (C=O) groups excluding carboxylic acids is 1. The molecule has 0 aliphatic rings. The number of carbonyl (C=O) groups is 1. The largest absolute Gasteiger partial charge is 0.349 e. The Hall–Kier alpha value is -0.900. The highest BCUT2D eigenvalue weighted by Gasteiger charge is 2.16. The maximum absolute atomic E-state index is 11.5. The fourth-order valence-electron chi connectivity index (χ4n) is 1.65. The van der Waals surface area contributed by atoms with Gasteiger partial charge in [-0.1, -0.05) is 24.7 Å². The molecule has 90 valence electrons. The van der Waals surface area contributed by atoms with Crippen LogP contribution in [0.3, 0.4) is 0 Å². The molecule has 1 aromatic rings. The summed E-state index contributed by atoms with van der Waals surface area (Å²) >= 11 is 1.53. The van der Waals surface area contributed by atoms with Crippen molar-refractivity contribution in [2.45, 2.75) is 40.5 Å². The monoisotopic (exact) mass is 240 g/mol. The molecule has 0 spiro atoms. The van der Waals surface area contributed by atoms with E-state index in [-0.39, 0.29) is 5.78 Å². The van der Waals surface area contributed by atoms with Gasteiger partial charge in [0.25, 0.3) is 0 Å². The highest BCUT2D eigenvalue weighted by molar-refractivity contribution is 7.17. The summed E-state index contributed by atoms with van der Waals surface area (Å²) in [4.78, 5) is 19.1. The summed E-state index contributed by atoms with van der Waals surface area (Å²) in [7, 11) is 0. The molecule has 0 bridgehead atoms. The Morgan fingerprint density at radius 3 is 2.38 bits per heavy atom. The second-order valence-electron chi connectivity index (χ2n) is 3.75. The van der Waals surface area contributed by atoms with Gasteiger partial charge in [-0.3, -0.25) is 4.79 Å². The summed E-state index contributed by atoms with van der Waals surface area (Å²) in [5, 5.41) is 0.985. The number of thiazole rings is 1. The third-order valence-electron chi connectivity index (χ3n) is 2.53. The minimum Gasteiger partial charge on any atom is -0.349 e. The summed E-state index contributed by atoms with van der Waals surface area (Å²) < 4.78 is 0. The number of anilines is 1. The van der Waals surface area contributed by atoms with Gasteiger partial charge < -0.3 is 4.90 Å². The Kier molecular flexibility index (Phi) is 4.93.